The van der Waals surface area contributed by atoms with Crippen LogP contribution in [-0.4, -0.2) is 40.7 Å². The summed E-state index contributed by atoms with van der Waals surface area (Å²) in [6.07, 6.45) is 1.35. The molecule has 0 amide bonds. The minimum absolute atomic E-state index is 0.249. The maximum atomic E-state index is 12.1. The lowest BCUT2D eigenvalue weighted by molar-refractivity contribution is 0.0967. The lowest BCUT2D eigenvalue weighted by Crippen LogP contribution is -2.38. The molecule has 1 aromatic carbocycles. The number of hydrogen-bond donors (Lipinski definition) is 1. The number of fused-ring (bicyclic) bond motifs is 1. The monoisotopic (exact) mass is 285 g/mol. The van der Waals surface area contributed by atoms with Crippen LogP contribution in [0.15, 0.2) is 12.1 Å². The summed E-state index contributed by atoms with van der Waals surface area (Å²) in [5.74, 6) is 0.727. The van der Waals surface area contributed by atoms with Crippen molar-refractivity contribution >= 4 is 15.8 Å². The van der Waals surface area contributed by atoms with E-state index in [0.29, 0.717) is 23.5 Å². The maximum absolute atomic E-state index is 12.1. The molecule has 104 valence electrons. The molecule has 6 nitrogen and oxygen atoms in total. The van der Waals surface area contributed by atoms with Crippen molar-refractivity contribution in [3.63, 3.8) is 0 Å². The van der Waals surface area contributed by atoms with E-state index >= 15 is 0 Å². The third-order valence-electron chi connectivity index (χ3n) is 2.97. The number of ketones is 1. The van der Waals surface area contributed by atoms with Gasteiger partial charge in [0.05, 0.1) is 26.5 Å². The number of hydrogen-bond acceptors (Lipinski definition) is 5. The van der Waals surface area contributed by atoms with Crippen molar-refractivity contribution in [3.05, 3.63) is 23.3 Å². The molecule has 0 saturated heterocycles. The lowest BCUT2D eigenvalue weighted by atomic mass is 10.1. The average Bonchev–Trinajstić information content (AvgIpc) is 2.62. The molecule has 1 aliphatic carbocycles. The van der Waals surface area contributed by atoms with Gasteiger partial charge in [0.1, 0.15) is 0 Å². The van der Waals surface area contributed by atoms with Crippen molar-refractivity contribution in [1.82, 2.24) is 4.72 Å². The number of rotatable bonds is 4. The second kappa shape index (κ2) is 4.82. The van der Waals surface area contributed by atoms with Crippen LogP contribution in [0.25, 0.3) is 0 Å². The van der Waals surface area contributed by atoms with Crippen molar-refractivity contribution in [1.29, 1.82) is 0 Å². The van der Waals surface area contributed by atoms with E-state index < -0.39 is 16.1 Å². The zero-order valence-corrected chi connectivity index (χ0v) is 11.7. The van der Waals surface area contributed by atoms with Crippen LogP contribution in [0.3, 0.4) is 0 Å². The summed E-state index contributed by atoms with van der Waals surface area (Å²) in [5.41, 5.74) is 1.22. The third kappa shape index (κ3) is 2.71. The van der Waals surface area contributed by atoms with Gasteiger partial charge in [-0.2, -0.15) is 0 Å². The summed E-state index contributed by atoms with van der Waals surface area (Å²) in [4.78, 5) is 12.1. The predicted molar refractivity (Wildman–Crippen MR) is 69.3 cm³/mol. The number of methoxy groups -OCH3 is 2. The number of ether oxygens (including phenoxy) is 2. The average molecular weight is 285 g/mol. The first-order chi connectivity index (χ1) is 8.85. The fraction of sp³-hybridized carbons (Fsp3) is 0.417. The van der Waals surface area contributed by atoms with Gasteiger partial charge < -0.3 is 9.47 Å². The Hall–Kier alpha value is -1.60. The van der Waals surface area contributed by atoms with Gasteiger partial charge >= 0.3 is 0 Å². The topological polar surface area (TPSA) is 81.7 Å². The molecule has 1 aliphatic rings. The Balaban J connectivity index is 2.38. The normalized spacial score (nSPS) is 18.3. The van der Waals surface area contributed by atoms with E-state index in [2.05, 4.69) is 4.72 Å². The number of carbonyl (C=O) groups excluding carboxylic acids is 1. The van der Waals surface area contributed by atoms with Crippen molar-refractivity contribution < 1.29 is 22.7 Å². The highest BCUT2D eigenvalue weighted by atomic mass is 32.2. The molecule has 0 aliphatic heterocycles. The summed E-state index contributed by atoms with van der Waals surface area (Å²) in [5, 5.41) is 0. The van der Waals surface area contributed by atoms with Crippen molar-refractivity contribution in [2.24, 2.45) is 0 Å². The van der Waals surface area contributed by atoms with E-state index in [0.717, 1.165) is 11.8 Å². The molecule has 1 atom stereocenters. The van der Waals surface area contributed by atoms with Crippen LogP contribution in [0, 0.1) is 0 Å². The molecule has 0 saturated carbocycles. The van der Waals surface area contributed by atoms with Crippen molar-refractivity contribution in [2.45, 2.75) is 12.5 Å². The summed E-state index contributed by atoms with van der Waals surface area (Å²) >= 11 is 0. The van der Waals surface area contributed by atoms with E-state index in [1.165, 1.54) is 14.2 Å². The lowest BCUT2D eigenvalue weighted by Gasteiger charge is -2.09. The van der Waals surface area contributed by atoms with Crippen LogP contribution in [0.5, 0.6) is 11.5 Å². The van der Waals surface area contributed by atoms with Gasteiger partial charge in [-0.15, -0.1) is 0 Å². The Morgan fingerprint density at radius 3 is 2.32 bits per heavy atom. The first-order valence-electron chi connectivity index (χ1n) is 5.62. The van der Waals surface area contributed by atoms with Gasteiger partial charge in [0, 0.05) is 5.56 Å². The third-order valence-corrected chi connectivity index (χ3v) is 3.68. The number of sulfonamides is 1. The second-order valence-corrected chi connectivity index (χ2v) is 6.16. The highest BCUT2D eigenvalue weighted by molar-refractivity contribution is 7.88. The smallest absolute Gasteiger partial charge is 0.209 e. The Morgan fingerprint density at radius 2 is 1.79 bits per heavy atom. The Morgan fingerprint density at radius 1 is 1.21 bits per heavy atom. The molecule has 0 fully saturated rings. The highest BCUT2D eigenvalue weighted by Gasteiger charge is 2.33. The predicted octanol–water partition coefficient (Wildman–Crippen LogP) is 0.360. The second-order valence-electron chi connectivity index (χ2n) is 4.38. The van der Waals surface area contributed by atoms with E-state index in [-0.39, 0.29) is 5.78 Å². The van der Waals surface area contributed by atoms with E-state index in [1.807, 2.05) is 0 Å². The molecule has 7 heteroatoms. The molecule has 1 unspecified atom stereocenters. The number of nitrogens with one attached hydrogen (secondary N) is 1. The number of Topliss-reactive ketones (excluding diaryl/α,β-unsaturated/α-hetero) is 1. The molecule has 1 aromatic rings. The standard InChI is InChI=1S/C12H15NO5S/c1-17-10-5-7-4-9(13-19(3,15)16)12(14)8(7)6-11(10)18-2/h5-6,9,13H,4H2,1-3H3. The van der Waals surface area contributed by atoms with Crippen LogP contribution in [0.2, 0.25) is 0 Å². The SMILES string of the molecule is COc1cc2c(cc1OC)C(=O)C(NS(C)(=O)=O)C2. The van der Waals surface area contributed by atoms with E-state index in [4.69, 9.17) is 9.47 Å². The Labute approximate surface area is 111 Å². The van der Waals surface area contributed by atoms with Gasteiger partial charge in [-0.3, -0.25) is 4.79 Å². The summed E-state index contributed by atoms with van der Waals surface area (Å²) in [6, 6.07) is 2.54. The fourth-order valence-electron chi connectivity index (χ4n) is 2.17. The molecular formula is C12H15NO5S. The van der Waals surface area contributed by atoms with E-state index in [9.17, 15) is 13.2 Å². The van der Waals surface area contributed by atoms with Gasteiger partial charge in [0.15, 0.2) is 17.3 Å². The van der Waals surface area contributed by atoms with Gasteiger partial charge in [0.25, 0.3) is 0 Å². The zero-order chi connectivity index (χ0) is 14.2. The Kier molecular flexibility index (Phi) is 3.51. The number of carbonyl (C=O) groups is 1. The van der Waals surface area contributed by atoms with Gasteiger partial charge in [0.2, 0.25) is 10.0 Å². The van der Waals surface area contributed by atoms with Crippen LogP contribution in [-0.2, 0) is 16.4 Å². The van der Waals surface area contributed by atoms with Crippen molar-refractivity contribution in [3.8, 4) is 11.5 Å². The number of benzene rings is 1. The first-order valence-corrected chi connectivity index (χ1v) is 7.51. The molecular weight excluding hydrogens is 270 g/mol. The van der Waals surface area contributed by atoms with Crippen LogP contribution < -0.4 is 14.2 Å². The molecule has 2 rings (SSSR count). The van der Waals surface area contributed by atoms with Gasteiger partial charge in [-0.1, -0.05) is 0 Å². The van der Waals surface area contributed by atoms with Crippen LogP contribution >= 0.6 is 0 Å². The largest absolute Gasteiger partial charge is 0.493 e. The highest BCUT2D eigenvalue weighted by Crippen LogP contribution is 2.34. The molecule has 0 radical (unpaired) electrons. The van der Waals surface area contributed by atoms with E-state index in [1.54, 1.807) is 12.1 Å². The molecule has 0 spiro atoms. The maximum Gasteiger partial charge on any atom is 0.209 e. The minimum Gasteiger partial charge on any atom is -0.493 e. The molecule has 0 bridgehead atoms. The van der Waals surface area contributed by atoms with Crippen LogP contribution in [0.4, 0.5) is 0 Å². The fourth-order valence-corrected chi connectivity index (χ4v) is 2.88. The molecule has 19 heavy (non-hydrogen) atoms. The molecule has 0 heterocycles. The van der Waals surface area contributed by atoms with Crippen molar-refractivity contribution in [2.75, 3.05) is 20.5 Å². The first kappa shape index (κ1) is 13.8. The molecule has 1 N–H and O–H groups in total. The minimum atomic E-state index is -3.42. The zero-order valence-electron chi connectivity index (χ0n) is 10.9. The quantitative estimate of drug-likeness (QED) is 0.864. The summed E-state index contributed by atoms with van der Waals surface area (Å²) in [6.45, 7) is 0. The van der Waals surface area contributed by atoms with Gasteiger partial charge in [-0.25, -0.2) is 13.1 Å². The van der Waals surface area contributed by atoms with Crippen LogP contribution in [0.1, 0.15) is 15.9 Å². The summed E-state index contributed by atoms with van der Waals surface area (Å²) < 4.78 is 35.1. The Bertz CT molecular complexity index is 623. The summed E-state index contributed by atoms with van der Waals surface area (Å²) in [7, 11) is -0.434. The molecule has 0 aromatic heterocycles. The van der Waals surface area contributed by atoms with Gasteiger partial charge in [-0.05, 0) is 24.1 Å².